The van der Waals surface area contributed by atoms with E-state index in [4.69, 9.17) is 23.2 Å². The molecular weight excluding hydrogens is 263 g/mol. The molecule has 2 aromatic carbocycles. The largest absolute Gasteiger partial charge is 0.122 e. The van der Waals surface area contributed by atoms with Gasteiger partial charge >= 0.3 is 0 Å². The van der Waals surface area contributed by atoms with Gasteiger partial charge in [0.15, 0.2) is 0 Å². The van der Waals surface area contributed by atoms with Gasteiger partial charge < -0.3 is 0 Å². The highest BCUT2D eigenvalue weighted by molar-refractivity contribution is 6.19. The Kier molecular flexibility index (Phi) is 4.31. The molecule has 0 spiro atoms. The quantitative estimate of drug-likeness (QED) is 0.655. The Balaban J connectivity index is 2.60. The van der Waals surface area contributed by atoms with Crippen molar-refractivity contribution in [3.05, 3.63) is 58.7 Å². The van der Waals surface area contributed by atoms with Crippen molar-refractivity contribution < 1.29 is 0 Å². The minimum absolute atomic E-state index is 0.493. The molecular formula is C16H16Cl2. The highest BCUT2D eigenvalue weighted by Gasteiger charge is 2.11. The lowest BCUT2D eigenvalue weighted by atomic mass is 9.93. The molecule has 0 aliphatic heterocycles. The van der Waals surface area contributed by atoms with E-state index in [1.165, 1.54) is 22.3 Å². The van der Waals surface area contributed by atoms with Gasteiger partial charge in [-0.2, -0.15) is 0 Å². The van der Waals surface area contributed by atoms with Gasteiger partial charge in [0.05, 0.1) is 0 Å². The number of hydrogen-bond acceptors (Lipinski definition) is 0. The standard InChI is InChI=1S/C16H16Cl2/c1-11-3-6-13(7-4-11)14-8-5-12(2)15(9-17)16(14)10-18/h3-8H,9-10H2,1-2H3. The van der Waals surface area contributed by atoms with Gasteiger partial charge in [-0.05, 0) is 41.7 Å². The van der Waals surface area contributed by atoms with Crippen LogP contribution < -0.4 is 0 Å². The Morgan fingerprint density at radius 2 is 1.39 bits per heavy atom. The van der Waals surface area contributed by atoms with Crippen LogP contribution in [0.4, 0.5) is 0 Å². The number of aryl methyl sites for hydroxylation is 2. The van der Waals surface area contributed by atoms with Crippen LogP contribution in [0, 0.1) is 13.8 Å². The maximum Gasteiger partial charge on any atom is 0.0483 e. The van der Waals surface area contributed by atoms with Crippen molar-refractivity contribution in [2.24, 2.45) is 0 Å². The predicted octanol–water partition coefficient (Wildman–Crippen LogP) is 5.45. The molecule has 0 fully saturated rings. The number of benzene rings is 2. The van der Waals surface area contributed by atoms with E-state index < -0.39 is 0 Å². The SMILES string of the molecule is Cc1ccc(-c2ccc(C)c(CCl)c2CCl)cc1. The van der Waals surface area contributed by atoms with Crippen LogP contribution >= 0.6 is 23.2 Å². The molecule has 2 aromatic rings. The topological polar surface area (TPSA) is 0 Å². The molecule has 0 aliphatic rings. The summed E-state index contributed by atoms with van der Waals surface area (Å²) in [5.74, 6) is 1.00. The molecule has 0 aromatic heterocycles. The number of halogens is 2. The smallest absolute Gasteiger partial charge is 0.0483 e. The molecule has 0 radical (unpaired) electrons. The highest BCUT2D eigenvalue weighted by Crippen LogP contribution is 2.30. The summed E-state index contributed by atoms with van der Waals surface area (Å²) in [6.07, 6.45) is 0. The van der Waals surface area contributed by atoms with Crippen LogP contribution in [-0.2, 0) is 11.8 Å². The highest BCUT2D eigenvalue weighted by atomic mass is 35.5. The van der Waals surface area contributed by atoms with E-state index in [0.717, 1.165) is 11.1 Å². The van der Waals surface area contributed by atoms with Crippen LogP contribution in [0.15, 0.2) is 36.4 Å². The summed E-state index contributed by atoms with van der Waals surface area (Å²) in [6, 6.07) is 12.7. The molecule has 0 saturated carbocycles. The second-order valence-electron chi connectivity index (χ2n) is 4.52. The molecule has 2 rings (SSSR count). The Morgan fingerprint density at radius 3 is 1.94 bits per heavy atom. The minimum Gasteiger partial charge on any atom is -0.122 e. The second-order valence-corrected chi connectivity index (χ2v) is 5.05. The lowest BCUT2D eigenvalue weighted by molar-refractivity contribution is 1.21. The summed E-state index contributed by atoms with van der Waals surface area (Å²) in [7, 11) is 0. The second kappa shape index (κ2) is 5.77. The summed E-state index contributed by atoms with van der Waals surface area (Å²) < 4.78 is 0. The maximum absolute atomic E-state index is 6.11. The van der Waals surface area contributed by atoms with Crippen molar-refractivity contribution in [3.63, 3.8) is 0 Å². The van der Waals surface area contributed by atoms with Gasteiger partial charge in [-0.1, -0.05) is 42.0 Å². The normalized spacial score (nSPS) is 10.7. The summed E-state index contributed by atoms with van der Waals surface area (Å²) in [6.45, 7) is 4.16. The minimum atomic E-state index is 0.493. The van der Waals surface area contributed by atoms with Crippen molar-refractivity contribution in [1.82, 2.24) is 0 Å². The van der Waals surface area contributed by atoms with Gasteiger partial charge in [0.2, 0.25) is 0 Å². The maximum atomic E-state index is 6.11. The monoisotopic (exact) mass is 278 g/mol. The van der Waals surface area contributed by atoms with Crippen LogP contribution in [0.2, 0.25) is 0 Å². The molecule has 0 N–H and O–H groups in total. The van der Waals surface area contributed by atoms with Crippen molar-refractivity contribution in [3.8, 4) is 11.1 Å². The van der Waals surface area contributed by atoms with Gasteiger partial charge in [-0.15, -0.1) is 23.2 Å². The number of alkyl halides is 2. The molecule has 18 heavy (non-hydrogen) atoms. The first-order chi connectivity index (χ1) is 8.67. The molecule has 2 heteroatoms. The van der Waals surface area contributed by atoms with Crippen LogP contribution in [0.5, 0.6) is 0 Å². The number of hydrogen-bond donors (Lipinski definition) is 0. The third kappa shape index (κ3) is 2.55. The fourth-order valence-electron chi connectivity index (χ4n) is 2.15. The molecule has 0 atom stereocenters. The first kappa shape index (κ1) is 13.5. The third-order valence-electron chi connectivity index (χ3n) is 3.30. The van der Waals surface area contributed by atoms with Crippen molar-refractivity contribution >= 4 is 23.2 Å². The van der Waals surface area contributed by atoms with Gasteiger partial charge in [-0.25, -0.2) is 0 Å². The molecule has 0 unspecified atom stereocenters. The fraction of sp³-hybridized carbons (Fsp3) is 0.250. The van der Waals surface area contributed by atoms with E-state index in [9.17, 15) is 0 Å². The average molecular weight is 279 g/mol. The van der Waals surface area contributed by atoms with E-state index in [-0.39, 0.29) is 0 Å². The summed E-state index contributed by atoms with van der Waals surface area (Å²) >= 11 is 12.2. The van der Waals surface area contributed by atoms with Gasteiger partial charge in [0.1, 0.15) is 0 Å². The zero-order valence-corrected chi connectivity index (χ0v) is 12.1. The first-order valence-corrected chi connectivity index (χ1v) is 7.04. The zero-order valence-electron chi connectivity index (χ0n) is 10.6. The van der Waals surface area contributed by atoms with Crippen LogP contribution in [-0.4, -0.2) is 0 Å². The Bertz CT molecular complexity index is 542. The van der Waals surface area contributed by atoms with Crippen LogP contribution in [0.25, 0.3) is 11.1 Å². The van der Waals surface area contributed by atoms with Crippen molar-refractivity contribution in [1.29, 1.82) is 0 Å². The van der Waals surface area contributed by atoms with E-state index >= 15 is 0 Å². The van der Waals surface area contributed by atoms with Gasteiger partial charge in [0, 0.05) is 11.8 Å². The lowest BCUT2D eigenvalue weighted by Crippen LogP contribution is -1.96. The van der Waals surface area contributed by atoms with Gasteiger partial charge in [-0.3, -0.25) is 0 Å². The number of rotatable bonds is 3. The molecule has 0 aliphatic carbocycles. The fourth-order valence-corrected chi connectivity index (χ4v) is 2.83. The molecule has 0 heterocycles. The van der Waals surface area contributed by atoms with Crippen LogP contribution in [0.3, 0.4) is 0 Å². The molecule has 0 amide bonds. The average Bonchev–Trinajstić information content (AvgIpc) is 2.39. The third-order valence-corrected chi connectivity index (χ3v) is 3.83. The first-order valence-electron chi connectivity index (χ1n) is 5.97. The Hall–Kier alpha value is -0.980. The molecule has 94 valence electrons. The lowest BCUT2D eigenvalue weighted by Gasteiger charge is -2.14. The summed E-state index contributed by atoms with van der Waals surface area (Å²) in [4.78, 5) is 0. The van der Waals surface area contributed by atoms with E-state index in [1.54, 1.807) is 0 Å². The van der Waals surface area contributed by atoms with E-state index in [1.807, 2.05) is 0 Å². The predicted molar refractivity (Wildman–Crippen MR) is 80.5 cm³/mol. The molecule has 0 nitrogen and oxygen atoms in total. The van der Waals surface area contributed by atoms with Gasteiger partial charge in [0.25, 0.3) is 0 Å². The van der Waals surface area contributed by atoms with E-state index in [2.05, 4.69) is 50.2 Å². The summed E-state index contributed by atoms with van der Waals surface area (Å²) in [5.41, 5.74) is 7.15. The Morgan fingerprint density at radius 1 is 0.778 bits per heavy atom. The van der Waals surface area contributed by atoms with Crippen molar-refractivity contribution in [2.75, 3.05) is 0 Å². The molecule has 0 saturated heterocycles. The van der Waals surface area contributed by atoms with Crippen molar-refractivity contribution in [2.45, 2.75) is 25.6 Å². The van der Waals surface area contributed by atoms with E-state index in [0.29, 0.717) is 11.8 Å². The Labute approximate surface area is 119 Å². The molecule has 0 bridgehead atoms. The van der Waals surface area contributed by atoms with Crippen LogP contribution in [0.1, 0.15) is 22.3 Å². The zero-order chi connectivity index (χ0) is 13.1. The summed E-state index contributed by atoms with van der Waals surface area (Å²) in [5, 5.41) is 0.